The van der Waals surface area contributed by atoms with Gasteiger partial charge in [0.1, 0.15) is 0 Å². The summed E-state index contributed by atoms with van der Waals surface area (Å²) < 4.78 is 39.9. The molecule has 2 aromatic carbocycles. The number of nitrogen functional groups attached to an aromatic ring is 1. The topological polar surface area (TPSA) is 67.6 Å². The summed E-state index contributed by atoms with van der Waals surface area (Å²) in [6.07, 6.45) is 0. The first kappa shape index (κ1) is 14.4. The van der Waals surface area contributed by atoms with Gasteiger partial charge in [-0.15, -0.1) is 0 Å². The van der Waals surface area contributed by atoms with Gasteiger partial charge < -0.3 is 5.73 Å². The fourth-order valence-electron chi connectivity index (χ4n) is 1.90. The van der Waals surface area contributed by atoms with Crippen LogP contribution in [-0.4, -0.2) is 15.2 Å². The van der Waals surface area contributed by atoms with Crippen LogP contribution >= 0.6 is 11.6 Å². The average molecular weight is 325 g/mol. The summed E-state index contributed by atoms with van der Waals surface area (Å²) in [5.41, 5.74) is 6.35. The number of benzene rings is 2. The van der Waals surface area contributed by atoms with Crippen LogP contribution in [0.4, 0.5) is 18.9 Å². The third-order valence-corrected chi connectivity index (χ3v) is 3.37. The smallest absolute Gasteiger partial charge is 0.195 e. The van der Waals surface area contributed by atoms with Gasteiger partial charge >= 0.3 is 0 Å². The quantitative estimate of drug-likeness (QED) is 0.556. The molecule has 0 amide bonds. The van der Waals surface area contributed by atoms with Gasteiger partial charge in [0.2, 0.25) is 0 Å². The number of H-pyrrole nitrogens is 1. The van der Waals surface area contributed by atoms with Crippen molar-refractivity contribution in [1.29, 1.82) is 0 Å². The molecule has 0 aliphatic carbocycles. The van der Waals surface area contributed by atoms with E-state index >= 15 is 0 Å². The van der Waals surface area contributed by atoms with Gasteiger partial charge in [-0.2, -0.15) is 5.10 Å². The van der Waals surface area contributed by atoms with E-state index in [9.17, 15) is 13.2 Å². The first-order valence-corrected chi connectivity index (χ1v) is 6.47. The van der Waals surface area contributed by atoms with Crippen molar-refractivity contribution >= 4 is 17.3 Å². The summed E-state index contributed by atoms with van der Waals surface area (Å²) in [7, 11) is 0. The van der Waals surface area contributed by atoms with Crippen LogP contribution < -0.4 is 5.73 Å². The van der Waals surface area contributed by atoms with E-state index in [1.807, 2.05) is 0 Å². The Morgan fingerprint density at radius 1 is 1.05 bits per heavy atom. The molecule has 22 heavy (non-hydrogen) atoms. The summed E-state index contributed by atoms with van der Waals surface area (Å²) in [5.74, 6) is -3.97. The molecule has 8 heteroatoms. The van der Waals surface area contributed by atoms with Crippen molar-refractivity contribution in [1.82, 2.24) is 15.2 Å². The molecule has 1 heterocycles. The minimum atomic E-state index is -1.56. The lowest BCUT2D eigenvalue weighted by Crippen LogP contribution is -1.95. The molecule has 0 saturated heterocycles. The van der Waals surface area contributed by atoms with E-state index < -0.39 is 17.5 Å². The van der Waals surface area contributed by atoms with Crippen LogP contribution in [0.5, 0.6) is 0 Å². The maximum absolute atomic E-state index is 13.7. The van der Waals surface area contributed by atoms with Crippen molar-refractivity contribution in [2.45, 2.75) is 0 Å². The Morgan fingerprint density at radius 2 is 1.82 bits per heavy atom. The lowest BCUT2D eigenvalue weighted by atomic mass is 10.1. The highest BCUT2D eigenvalue weighted by Crippen LogP contribution is 2.27. The highest BCUT2D eigenvalue weighted by molar-refractivity contribution is 6.33. The SMILES string of the molecule is Nc1cc(-c2n[nH]c(-c3ccc(F)c(F)c3F)n2)ccc1Cl. The number of hydrogen-bond donors (Lipinski definition) is 2. The number of rotatable bonds is 2. The molecule has 3 N–H and O–H groups in total. The number of aromatic nitrogens is 3. The van der Waals surface area contributed by atoms with Crippen LogP contribution in [0.25, 0.3) is 22.8 Å². The second kappa shape index (κ2) is 5.34. The molecule has 1 aromatic heterocycles. The molecule has 0 fully saturated rings. The number of aromatic amines is 1. The number of nitrogens with one attached hydrogen (secondary N) is 1. The molecule has 3 aromatic rings. The predicted octanol–water partition coefficient (Wildman–Crippen LogP) is 3.79. The van der Waals surface area contributed by atoms with Gasteiger partial charge in [0, 0.05) is 5.56 Å². The number of nitrogens with zero attached hydrogens (tertiary/aromatic N) is 2. The Morgan fingerprint density at radius 3 is 2.55 bits per heavy atom. The van der Waals surface area contributed by atoms with E-state index in [0.717, 1.165) is 12.1 Å². The van der Waals surface area contributed by atoms with Crippen molar-refractivity contribution in [3.05, 3.63) is 52.8 Å². The van der Waals surface area contributed by atoms with Gasteiger partial charge in [-0.1, -0.05) is 11.6 Å². The van der Waals surface area contributed by atoms with Gasteiger partial charge in [0.15, 0.2) is 29.1 Å². The largest absolute Gasteiger partial charge is 0.398 e. The Kier molecular flexibility index (Phi) is 3.50. The monoisotopic (exact) mass is 324 g/mol. The Bertz CT molecular complexity index is 863. The molecule has 3 rings (SSSR count). The summed E-state index contributed by atoms with van der Waals surface area (Å²) in [6.45, 7) is 0. The van der Waals surface area contributed by atoms with Crippen LogP contribution in [0.3, 0.4) is 0 Å². The van der Waals surface area contributed by atoms with Crippen molar-refractivity contribution < 1.29 is 13.2 Å². The molecule has 0 bridgehead atoms. The highest BCUT2D eigenvalue weighted by atomic mass is 35.5. The minimum absolute atomic E-state index is 0.0279. The Labute approximate surface area is 127 Å². The summed E-state index contributed by atoms with van der Waals surface area (Å²) in [6, 6.07) is 6.65. The lowest BCUT2D eigenvalue weighted by Gasteiger charge is -2.01. The molecule has 0 spiro atoms. The second-order valence-electron chi connectivity index (χ2n) is 4.47. The lowest BCUT2D eigenvalue weighted by molar-refractivity contribution is 0.448. The zero-order valence-corrected chi connectivity index (χ0v) is 11.6. The zero-order valence-electron chi connectivity index (χ0n) is 10.9. The molecule has 0 atom stereocenters. The number of anilines is 1. The molecule has 0 aliphatic rings. The molecular formula is C14H8ClF3N4. The second-order valence-corrected chi connectivity index (χ2v) is 4.87. The van der Waals surface area contributed by atoms with E-state index in [4.69, 9.17) is 17.3 Å². The predicted molar refractivity (Wildman–Crippen MR) is 76.6 cm³/mol. The van der Waals surface area contributed by atoms with Crippen molar-refractivity contribution in [3.8, 4) is 22.8 Å². The molecule has 112 valence electrons. The number of halogens is 4. The highest BCUT2D eigenvalue weighted by Gasteiger charge is 2.18. The Hall–Kier alpha value is -2.54. The summed E-state index contributed by atoms with van der Waals surface area (Å²) in [4.78, 5) is 4.06. The summed E-state index contributed by atoms with van der Waals surface area (Å²) in [5, 5.41) is 6.77. The standard InChI is InChI=1S/C14H8ClF3N4/c15-8-3-1-6(5-10(8)19)13-20-14(22-21-13)7-2-4-9(16)12(18)11(7)17/h1-5H,19H2,(H,20,21,22). The van der Waals surface area contributed by atoms with E-state index in [1.54, 1.807) is 18.2 Å². The average Bonchev–Trinajstić information content (AvgIpc) is 2.97. The Balaban J connectivity index is 2.04. The van der Waals surface area contributed by atoms with Gasteiger partial charge in [-0.05, 0) is 30.3 Å². The first-order chi connectivity index (χ1) is 10.5. The molecule has 0 unspecified atom stereocenters. The van der Waals surface area contributed by atoms with E-state index in [-0.39, 0.29) is 17.2 Å². The zero-order chi connectivity index (χ0) is 15.9. The van der Waals surface area contributed by atoms with Crippen LogP contribution in [0.15, 0.2) is 30.3 Å². The normalized spacial score (nSPS) is 10.9. The van der Waals surface area contributed by atoms with Crippen molar-refractivity contribution in [3.63, 3.8) is 0 Å². The number of nitrogens with two attached hydrogens (primary N) is 1. The minimum Gasteiger partial charge on any atom is -0.398 e. The molecule has 0 saturated carbocycles. The van der Waals surface area contributed by atoms with Crippen LogP contribution in [0.1, 0.15) is 0 Å². The third kappa shape index (κ3) is 2.39. The molecule has 0 radical (unpaired) electrons. The summed E-state index contributed by atoms with van der Waals surface area (Å²) >= 11 is 5.82. The van der Waals surface area contributed by atoms with E-state index in [2.05, 4.69) is 15.2 Å². The van der Waals surface area contributed by atoms with E-state index in [1.165, 1.54) is 0 Å². The van der Waals surface area contributed by atoms with Gasteiger partial charge in [0.25, 0.3) is 0 Å². The van der Waals surface area contributed by atoms with Crippen molar-refractivity contribution in [2.75, 3.05) is 5.73 Å². The van der Waals surface area contributed by atoms with Gasteiger partial charge in [0.05, 0.1) is 16.3 Å². The van der Waals surface area contributed by atoms with Crippen LogP contribution in [-0.2, 0) is 0 Å². The van der Waals surface area contributed by atoms with Crippen molar-refractivity contribution in [2.24, 2.45) is 0 Å². The fourth-order valence-corrected chi connectivity index (χ4v) is 2.02. The maximum Gasteiger partial charge on any atom is 0.195 e. The van der Waals surface area contributed by atoms with Gasteiger partial charge in [-0.25, -0.2) is 18.2 Å². The van der Waals surface area contributed by atoms with Gasteiger partial charge in [-0.3, -0.25) is 5.10 Å². The number of hydrogen-bond acceptors (Lipinski definition) is 3. The first-order valence-electron chi connectivity index (χ1n) is 6.09. The van der Waals surface area contributed by atoms with Crippen LogP contribution in [0, 0.1) is 17.5 Å². The maximum atomic E-state index is 13.7. The molecule has 0 aliphatic heterocycles. The third-order valence-electron chi connectivity index (χ3n) is 3.03. The van der Waals surface area contributed by atoms with Crippen LogP contribution in [0.2, 0.25) is 5.02 Å². The molecular weight excluding hydrogens is 317 g/mol. The fraction of sp³-hybridized carbons (Fsp3) is 0. The molecule has 4 nitrogen and oxygen atoms in total. The van der Waals surface area contributed by atoms with E-state index in [0.29, 0.717) is 16.3 Å².